The van der Waals surface area contributed by atoms with Crippen LogP contribution in [-0.4, -0.2) is 257 Å². The van der Waals surface area contributed by atoms with Crippen LogP contribution in [0, 0.1) is 142 Å². The number of hydrogen-bond donors (Lipinski definition) is 24. The molecule has 54 atom stereocenters. The molecule has 0 aromatic heterocycles. The molecule has 54 unspecified atom stereocenters. The molecule has 146 heavy (non-hydrogen) atoms. The molecule has 15 heterocycles. The molecule has 0 spiro atoms. The van der Waals surface area contributed by atoms with Crippen molar-refractivity contribution in [1.29, 1.82) is 0 Å². The van der Waals surface area contributed by atoms with Crippen LogP contribution in [0.3, 0.4) is 0 Å². The molecule has 24 N–H and O–H groups in total. The first-order valence-electron chi connectivity index (χ1n) is 57.1. The Morgan fingerprint density at radius 1 is 0.123 bits per heavy atom. The second-order valence-corrected chi connectivity index (χ2v) is 59.8. The predicted molar refractivity (Wildman–Crippen MR) is 525 cm³/mol. The van der Waals surface area contributed by atoms with E-state index >= 15 is 0 Å². The summed E-state index contributed by atoms with van der Waals surface area (Å²) in [4.78, 5) is 0. The molecule has 24 bridgehead atoms. The number of nitrogens with one attached hydrogen (secondary N) is 24. The average molecular weight is 2240 g/mol. The number of fused-ring (bicyclic) bond motifs is 60. The van der Waals surface area contributed by atoms with Gasteiger partial charge in [-0.1, -0.05) is 116 Å². The van der Waals surface area contributed by atoms with Gasteiger partial charge < -0.3 is 27.3 Å². The summed E-state index contributed by atoms with van der Waals surface area (Å²) in [6.45, 7) is 0. The standard InChI is InChI=1S/3C32H56N8O6S2.2Cr/c3*41-47(42,43)22-14-13-21-23(24(22)48(44,45)46)32-39-30-20-12-6-5-11-19(20)28(37-30)35-26-16-8-2-1-7-15(16)25(33-26)34-27-17-9-3-4-10-18(17)29(36-27)38-31(21)40-32;;/h3*15-40H,1-14H2,(H,41,42,43)(H,44,45,46);;/q;;;2*+3/p-6. The van der Waals surface area contributed by atoms with Gasteiger partial charge >= 0.3 is 34.7 Å². The van der Waals surface area contributed by atoms with E-state index in [1.807, 2.05) is 0 Å². The Morgan fingerprint density at radius 2 is 0.219 bits per heavy atom. The SMILES string of the molecule is O=S(=O)([O-])C1CCC2C3NC4NC(NC5NC(NC6NC(NC(N3)C2C1S(=O)(=O)[O-])C1CCCCC61)C1CCCCC51)C1CCCCC41.O=S(=O)([O-])C1CCC2C3NC4NC(NC5NC(NC6NC(NC(N3)C2C1S(=O)(=O)[O-])C1CCCCC61)C1CCCCC51)C1CCCCC41.O=S(=O)([O-])C1CCC2C3NC4NC(NC5NC(NC6NC(NC(N3)C2C1S(=O)(=O)[O-])C1CCCCC61)C1CCCCC51)C1CCCCC41.[Cr+3].[Cr+3]. The zero-order chi connectivity index (χ0) is 98.8. The number of hydrogen-bond acceptors (Lipinski definition) is 42. The molecule has 27 aliphatic rings. The van der Waals surface area contributed by atoms with Gasteiger partial charge in [0.2, 0.25) is 0 Å². The minimum Gasteiger partial charge on any atom is -0.748 e. The third-order valence-corrected chi connectivity index (χ3v) is 52.1. The van der Waals surface area contributed by atoms with E-state index < -0.39 is 128 Å². The van der Waals surface area contributed by atoms with Gasteiger partial charge in [0.15, 0.2) is 0 Å². The molecule has 42 nitrogen and oxygen atoms in total. The van der Waals surface area contributed by atoms with Crippen molar-refractivity contribution in [2.24, 2.45) is 142 Å². The van der Waals surface area contributed by atoms with Crippen LogP contribution in [0.2, 0.25) is 0 Å². The fraction of sp³-hybridized carbons (Fsp3) is 1.00. The smallest absolute Gasteiger partial charge is 0.748 e. The van der Waals surface area contributed by atoms with Crippen molar-refractivity contribution in [3.63, 3.8) is 0 Å². The second-order valence-electron chi connectivity index (χ2n) is 50.4. The molecule has 0 aromatic carbocycles. The molecule has 27 rings (SSSR count). The Labute approximate surface area is 885 Å². The van der Waals surface area contributed by atoms with E-state index in [4.69, 9.17) is 0 Å². The largest absolute Gasteiger partial charge is 3.00 e. The van der Waals surface area contributed by atoms with Crippen LogP contribution >= 0.6 is 0 Å². The van der Waals surface area contributed by atoms with E-state index in [2.05, 4.69) is 128 Å². The molecule has 15 saturated heterocycles. The van der Waals surface area contributed by atoms with Gasteiger partial charge in [0.1, 0.15) is 0 Å². The Morgan fingerprint density at radius 3 is 0.315 bits per heavy atom. The maximum atomic E-state index is 13.0. The van der Waals surface area contributed by atoms with Gasteiger partial charge in [0.05, 0.1) is 240 Å². The van der Waals surface area contributed by atoms with Crippen molar-refractivity contribution in [3.8, 4) is 0 Å². The fourth-order valence-electron chi connectivity index (χ4n) is 38.0. The topological polar surface area (TPSA) is 632 Å². The van der Waals surface area contributed by atoms with Crippen molar-refractivity contribution in [3.05, 3.63) is 0 Å². The van der Waals surface area contributed by atoms with Gasteiger partial charge in [-0.05, 0) is 278 Å². The summed E-state index contributed by atoms with van der Waals surface area (Å²) in [6, 6.07) is 0. The van der Waals surface area contributed by atoms with Crippen molar-refractivity contribution in [1.82, 2.24) is 128 Å². The molecular formula is C96H162Cr2N24O18S6. The zero-order valence-corrected chi connectivity index (χ0v) is 90.9. The maximum Gasteiger partial charge on any atom is 3.00 e. The molecule has 2 radical (unpaired) electrons. The van der Waals surface area contributed by atoms with Crippen LogP contribution in [0.15, 0.2) is 0 Å². The summed E-state index contributed by atoms with van der Waals surface area (Å²) >= 11 is 0. The van der Waals surface area contributed by atoms with Crippen molar-refractivity contribution < 1.29 is 113 Å². The molecular weight excluding hydrogens is 2070 g/mol. The Hall–Kier alpha value is -0.435. The van der Waals surface area contributed by atoms with Crippen LogP contribution in [0.5, 0.6) is 0 Å². The van der Waals surface area contributed by atoms with Crippen LogP contribution < -0.4 is 128 Å². The van der Waals surface area contributed by atoms with E-state index in [-0.39, 0.29) is 201 Å². The summed E-state index contributed by atoms with van der Waals surface area (Å²) in [7, 11) is -30.4. The van der Waals surface area contributed by atoms with Crippen LogP contribution in [0.25, 0.3) is 0 Å². The van der Waals surface area contributed by atoms with E-state index in [1.54, 1.807) is 0 Å². The zero-order valence-electron chi connectivity index (χ0n) is 83.5. The van der Waals surface area contributed by atoms with Crippen LogP contribution in [0.4, 0.5) is 0 Å². The maximum absolute atomic E-state index is 13.0. The third kappa shape index (κ3) is 20.5. The third-order valence-electron chi connectivity index (χ3n) is 43.8. The molecule has 0 amide bonds. The summed E-state index contributed by atoms with van der Waals surface area (Å²) in [5.41, 5.74) is 0. The number of rotatable bonds is 6. The minimum atomic E-state index is -5.12. The summed E-state index contributed by atoms with van der Waals surface area (Å²) < 4.78 is 229. The van der Waals surface area contributed by atoms with E-state index in [1.165, 1.54) is 96.3 Å². The first-order chi connectivity index (χ1) is 69.1. The molecule has 12 aliphatic carbocycles. The van der Waals surface area contributed by atoms with Crippen LogP contribution in [0.1, 0.15) is 270 Å². The quantitative estimate of drug-likeness (QED) is 0.141. The predicted octanol–water partition coefficient (Wildman–Crippen LogP) is -1.05. The van der Waals surface area contributed by atoms with Crippen molar-refractivity contribution in [2.75, 3.05) is 0 Å². The van der Waals surface area contributed by atoms with Gasteiger partial charge in [0, 0.05) is 17.8 Å². The molecule has 12 saturated carbocycles. The van der Waals surface area contributed by atoms with Crippen molar-refractivity contribution >= 4 is 60.7 Å². The summed E-state index contributed by atoms with van der Waals surface area (Å²) in [6.07, 6.45) is 40.6. The van der Waals surface area contributed by atoms with E-state index in [0.29, 0.717) is 126 Å². The first-order valence-corrected chi connectivity index (χ1v) is 65.9. The fourth-order valence-corrected chi connectivity index (χ4v) is 47.0. The molecule has 15 aliphatic heterocycles. The van der Waals surface area contributed by atoms with Crippen molar-refractivity contribution in [2.45, 2.75) is 449 Å². The van der Waals surface area contributed by atoms with E-state index in [0.717, 1.165) is 135 Å². The average Bonchev–Trinajstić information content (AvgIpc) is 1.58. The van der Waals surface area contributed by atoms with Gasteiger partial charge in [-0.15, -0.1) is 0 Å². The molecule has 822 valence electrons. The first kappa shape index (κ1) is 108. The second kappa shape index (κ2) is 42.9. The minimum absolute atomic E-state index is 0. The summed E-state index contributed by atoms with van der Waals surface area (Å²) in [5, 5.41) is 83.1. The normalized spacial score (nSPS) is 53.1. The Kier molecular flexibility index (Phi) is 31.8. The van der Waals surface area contributed by atoms with Gasteiger partial charge in [-0.25, -0.2) is 50.5 Å². The Bertz CT molecular complexity index is 4840. The molecule has 27 fully saturated rings. The van der Waals surface area contributed by atoms with Crippen LogP contribution in [-0.2, 0) is 95.4 Å². The molecule has 50 heteroatoms. The van der Waals surface area contributed by atoms with Gasteiger partial charge in [-0.2, -0.15) is 0 Å². The Balaban J connectivity index is 0.000000120. The molecule has 0 aromatic rings. The monoisotopic (exact) mass is 2230 g/mol. The van der Waals surface area contributed by atoms with E-state index in [9.17, 15) is 77.8 Å². The van der Waals surface area contributed by atoms with Gasteiger partial charge in [-0.3, -0.25) is 128 Å². The van der Waals surface area contributed by atoms with Gasteiger partial charge in [0.25, 0.3) is 0 Å². The summed E-state index contributed by atoms with van der Waals surface area (Å²) in [5.74, 6) is 4.25.